The number of hydrogen-bond acceptors (Lipinski definition) is 5. The molecule has 0 amide bonds. The van der Waals surface area contributed by atoms with Crippen LogP contribution in [0.2, 0.25) is 0 Å². The Morgan fingerprint density at radius 3 is 2.47 bits per heavy atom. The maximum atomic E-state index is 10.4. The molecule has 0 aliphatic rings. The van der Waals surface area contributed by atoms with E-state index in [0.29, 0.717) is 5.69 Å². The van der Waals surface area contributed by atoms with Crippen LogP contribution >= 0.6 is 0 Å². The highest BCUT2D eigenvalue weighted by Gasteiger charge is 2.05. The van der Waals surface area contributed by atoms with E-state index in [0.717, 1.165) is 5.56 Å². The van der Waals surface area contributed by atoms with Crippen molar-refractivity contribution in [1.82, 2.24) is 15.2 Å². The molecule has 6 nitrogen and oxygen atoms in total. The maximum Gasteiger partial charge on any atom is 0.269 e. The van der Waals surface area contributed by atoms with Crippen LogP contribution in [0.4, 0.5) is 5.69 Å². The van der Waals surface area contributed by atoms with Crippen molar-refractivity contribution in [3.05, 3.63) is 46.9 Å². The quantitative estimate of drug-likeness (QED) is 0.543. The van der Waals surface area contributed by atoms with Crippen molar-refractivity contribution in [2.75, 3.05) is 0 Å². The van der Waals surface area contributed by atoms with Crippen molar-refractivity contribution in [2.24, 2.45) is 0 Å². The Bertz CT molecular complexity index is 469. The second kappa shape index (κ2) is 3.79. The van der Waals surface area contributed by atoms with Crippen LogP contribution < -0.4 is 0 Å². The van der Waals surface area contributed by atoms with E-state index in [-0.39, 0.29) is 5.69 Å². The number of hydrogen-bond donors (Lipinski definition) is 0. The maximum absolute atomic E-state index is 10.4. The molecular weight excluding hydrogens is 196 g/mol. The van der Waals surface area contributed by atoms with Gasteiger partial charge in [0.1, 0.15) is 12.0 Å². The lowest BCUT2D eigenvalue weighted by Crippen LogP contribution is -1.90. The van der Waals surface area contributed by atoms with Crippen molar-refractivity contribution in [3.63, 3.8) is 0 Å². The highest BCUT2D eigenvalue weighted by Crippen LogP contribution is 2.18. The zero-order valence-electron chi connectivity index (χ0n) is 7.57. The third kappa shape index (κ3) is 1.93. The van der Waals surface area contributed by atoms with Crippen LogP contribution in [0, 0.1) is 10.1 Å². The monoisotopic (exact) mass is 202 g/mol. The molecule has 0 unspecified atom stereocenters. The van der Waals surface area contributed by atoms with Gasteiger partial charge in [-0.3, -0.25) is 10.1 Å². The zero-order chi connectivity index (χ0) is 10.7. The minimum atomic E-state index is -0.446. The Hall–Kier alpha value is -2.37. The van der Waals surface area contributed by atoms with Gasteiger partial charge in [-0.1, -0.05) is 0 Å². The van der Waals surface area contributed by atoms with Crippen LogP contribution in [-0.4, -0.2) is 20.1 Å². The van der Waals surface area contributed by atoms with Gasteiger partial charge in [-0.2, -0.15) is 0 Å². The van der Waals surface area contributed by atoms with Crippen LogP contribution in [0.1, 0.15) is 0 Å². The average molecular weight is 202 g/mol. The van der Waals surface area contributed by atoms with Crippen molar-refractivity contribution < 1.29 is 4.92 Å². The molecule has 0 aliphatic heterocycles. The second-order valence-electron chi connectivity index (χ2n) is 2.80. The van der Waals surface area contributed by atoms with E-state index in [9.17, 15) is 10.1 Å². The molecule has 1 aromatic heterocycles. The van der Waals surface area contributed by atoms with Crippen molar-refractivity contribution in [2.45, 2.75) is 0 Å². The summed E-state index contributed by atoms with van der Waals surface area (Å²) >= 11 is 0. The molecule has 0 aliphatic carbocycles. The molecule has 1 heterocycles. The van der Waals surface area contributed by atoms with E-state index in [2.05, 4.69) is 15.2 Å². The molecule has 6 heteroatoms. The van der Waals surface area contributed by atoms with Gasteiger partial charge in [-0.25, -0.2) is 4.98 Å². The standard InChI is InChI=1S/C9H6N4O2/c14-13(15)8-3-1-7(2-4-8)9-5-10-6-11-12-9/h1-6H. The first kappa shape index (κ1) is 9.20. The third-order valence-corrected chi connectivity index (χ3v) is 1.85. The van der Waals surface area contributed by atoms with Gasteiger partial charge in [0.25, 0.3) is 5.69 Å². The van der Waals surface area contributed by atoms with E-state index in [4.69, 9.17) is 0 Å². The summed E-state index contributed by atoms with van der Waals surface area (Å²) in [5, 5.41) is 17.9. The van der Waals surface area contributed by atoms with Crippen molar-refractivity contribution >= 4 is 5.69 Å². The van der Waals surface area contributed by atoms with E-state index in [1.807, 2.05) is 0 Å². The summed E-state index contributed by atoms with van der Waals surface area (Å²) in [4.78, 5) is 13.8. The van der Waals surface area contributed by atoms with Gasteiger partial charge in [0.15, 0.2) is 0 Å². The minimum Gasteiger partial charge on any atom is -0.258 e. The lowest BCUT2D eigenvalue weighted by molar-refractivity contribution is -0.384. The highest BCUT2D eigenvalue weighted by molar-refractivity contribution is 5.59. The lowest BCUT2D eigenvalue weighted by atomic mass is 10.1. The molecule has 74 valence electrons. The SMILES string of the molecule is O=[N+]([O-])c1ccc(-c2cncnn2)cc1. The molecule has 1 aromatic carbocycles. The van der Waals surface area contributed by atoms with Gasteiger partial charge in [0, 0.05) is 17.7 Å². The molecule has 0 saturated carbocycles. The lowest BCUT2D eigenvalue weighted by Gasteiger charge is -1.97. The number of nitro benzene ring substituents is 1. The Kier molecular flexibility index (Phi) is 2.32. The fourth-order valence-corrected chi connectivity index (χ4v) is 1.13. The van der Waals surface area contributed by atoms with E-state index in [1.54, 1.807) is 18.3 Å². The summed E-state index contributed by atoms with van der Waals surface area (Å²) in [5.74, 6) is 0. The highest BCUT2D eigenvalue weighted by atomic mass is 16.6. The van der Waals surface area contributed by atoms with Gasteiger partial charge < -0.3 is 0 Å². The molecule has 0 bridgehead atoms. The van der Waals surface area contributed by atoms with Crippen LogP contribution in [-0.2, 0) is 0 Å². The van der Waals surface area contributed by atoms with Crippen LogP contribution in [0.5, 0.6) is 0 Å². The fraction of sp³-hybridized carbons (Fsp3) is 0. The van der Waals surface area contributed by atoms with Crippen LogP contribution in [0.3, 0.4) is 0 Å². The van der Waals surface area contributed by atoms with E-state index >= 15 is 0 Å². The molecule has 0 atom stereocenters. The molecule has 0 saturated heterocycles. The molecule has 2 rings (SSSR count). The van der Waals surface area contributed by atoms with Crippen LogP contribution in [0.15, 0.2) is 36.8 Å². The van der Waals surface area contributed by atoms with E-state index < -0.39 is 4.92 Å². The fourth-order valence-electron chi connectivity index (χ4n) is 1.13. The second-order valence-corrected chi connectivity index (χ2v) is 2.80. The molecule has 0 spiro atoms. The van der Waals surface area contributed by atoms with Crippen molar-refractivity contribution in [3.8, 4) is 11.3 Å². The molecule has 0 fully saturated rings. The van der Waals surface area contributed by atoms with Crippen molar-refractivity contribution in [1.29, 1.82) is 0 Å². The number of benzene rings is 1. The van der Waals surface area contributed by atoms with Gasteiger partial charge in [0.05, 0.1) is 11.1 Å². The number of rotatable bonds is 2. The Morgan fingerprint density at radius 1 is 1.20 bits per heavy atom. The Labute approximate surface area is 84.8 Å². The summed E-state index contributed by atoms with van der Waals surface area (Å²) in [6.07, 6.45) is 2.88. The van der Waals surface area contributed by atoms with E-state index in [1.165, 1.54) is 18.5 Å². The largest absolute Gasteiger partial charge is 0.269 e. The summed E-state index contributed by atoms with van der Waals surface area (Å²) in [5.41, 5.74) is 1.39. The van der Waals surface area contributed by atoms with Gasteiger partial charge in [-0.05, 0) is 12.1 Å². The first-order valence-electron chi connectivity index (χ1n) is 4.15. The first-order valence-corrected chi connectivity index (χ1v) is 4.15. The van der Waals surface area contributed by atoms with Gasteiger partial charge in [0.2, 0.25) is 0 Å². The normalized spacial score (nSPS) is 9.87. The summed E-state index contributed by atoms with van der Waals surface area (Å²) in [6, 6.07) is 6.07. The summed E-state index contributed by atoms with van der Waals surface area (Å²) < 4.78 is 0. The topological polar surface area (TPSA) is 81.8 Å². The summed E-state index contributed by atoms with van der Waals surface area (Å²) in [7, 11) is 0. The average Bonchev–Trinajstić information content (AvgIpc) is 2.30. The minimum absolute atomic E-state index is 0.0515. The number of nitrogens with zero attached hydrogens (tertiary/aromatic N) is 4. The predicted molar refractivity (Wildman–Crippen MR) is 51.9 cm³/mol. The molecule has 0 N–H and O–H groups in total. The molecule has 0 radical (unpaired) electrons. The third-order valence-electron chi connectivity index (χ3n) is 1.85. The smallest absolute Gasteiger partial charge is 0.258 e. The molecule has 2 aromatic rings. The first-order chi connectivity index (χ1) is 7.27. The number of nitro groups is 1. The van der Waals surface area contributed by atoms with Gasteiger partial charge >= 0.3 is 0 Å². The zero-order valence-corrected chi connectivity index (χ0v) is 7.57. The number of aromatic nitrogens is 3. The van der Waals surface area contributed by atoms with Crippen LogP contribution in [0.25, 0.3) is 11.3 Å². The van der Waals surface area contributed by atoms with Gasteiger partial charge in [-0.15, -0.1) is 10.2 Å². The summed E-state index contributed by atoms with van der Waals surface area (Å²) in [6.45, 7) is 0. The molecular formula is C9H6N4O2. The number of non-ortho nitro benzene ring substituents is 1. The predicted octanol–water partition coefficient (Wildman–Crippen LogP) is 1.45. The Balaban J connectivity index is 2.36. The molecule has 15 heavy (non-hydrogen) atoms. The Morgan fingerprint density at radius 2 is 1.93 bits per heavy atom.